The van der Waals surface area contributed by atoms with Gasteiger partial charge in [0.1, 0.15) is 5.75 Å². The zero-order valence-corrected chi connectivity index (χ0v) is 18.1. The van der Waals surface area contributed by atoms with E-state index in [0.717, 1.165) is 59.6 Å². The molecule has 0 bridgehead atoms. The number of amides is 1. The Labute approximate surface area is 181 Å². The quantitative estimate of drug-likeness (QED) is 0.525. The van der Waals surface area contributed by atoms with Crippen LogP contribution in [-0.4, -0.2) is 46.0 Å². The van der Waals surface area contributed by atoms with Gasteiger partial charge in [0.2, 0.25) is 0 Å². The Morgan fingerprint density at radius 2 is 1.77 bits per heavy atom. The highest BCUT2D eigenvalue weighted by atomic mass is 16.5. The van der Waals surface area contributed by atoms with Gasteiger partial charge in [0, 0.05) is 35.8 Å². The average molecular weight is 415 g/mol. The first-order valence-corrected chi connectivity index (χ1v) is 10.7. The van der Waals surface area contributed by atoms with Crippen molar-refractivity contribution >= 4 is 27.8 Å². The van der Waals surface area contributed by atoms with Crippen LogP contribution >= 0.6 is 0 Å². The lowest BCUT2D eigenvalue weighted by Crippen LogP contribution is -2.37. The van der Waals surface area contributed by atoms with E-state index in [4.69, 9.17) is 4.74 Å². The maximum atomic E-state index is 13.1. The molecule has 1 aliphatic rings. The van der Waals surface area contributed by atoms with Crippen LogP contribution in [0, 0.1) is 13.8 Å². The highest BCUT2D eigenvalue weighted by Gasteiger charge is 2.26. The maximum Gasteiger partial charge on any atom is 0.253 e. The fraction of sp³-hybridized carbons (Fsp3) is 0.320. The highest BCUT2D eigenvalue weighted by Crippen LogP contribution is 2.35. The van der Waals surface area contributed by atoms with Crippen LogP contribution in [0.5, 0.6) is 5.75 Å². The summed E-state index contributed by atoms with van der Waals surface area (Å²) in [6, 6.07) is 11.8. The molecule has 3 heterocycles. The number of aryl methyl sites for hydroxylation is 2. The van der Waals surface area contributed by atoms with Crippen LogP contribution in [0.2, 0.25) is 0 Å². The summed E-state index contributed by atoms with van der Waals surface area (Å²) in [7, 11) is 1.69. The first-order chi connectivity index (χ1) is 15.0. The number of aromatic nitrogens is 3. The van der Waals surface area contributed by atoms with Crippen molar-refractivity contribution in [1.29, 1.82) is 0 Å². The number of aromatic amines is 1. The molecule has 6 heteroatoms. The van der Waals surface area contributed by atoms with Gasteiger partial charge in [-0.1, -0.05) is 0 Å². The first kappa shape index (κ1) is 19.5. The smallest absolute Gasteiger partial charge is 0.253 e. The van der Waals surface area contributed by atoms with Crippen molar-refractivity contribution in [2.45, 2.75) is 32.6 Å². The molecule has 6 nitrogen and oxygen atoms in total. The van der Waals surface area contributed by atoms with Gasteiger partial charge in [0.05, 0.1) is 29.5 Å². The third-order valence-corrected chi connectivity index (χ3v) is 6.47. The van der Waals surface area contributed by atoms with Crippen molar-refractivity contribution in [3.8, 4) is 5.75 Å². The Bertz CT molecular complexity index is 1290. The highest BCUT2D eigenvalue weighted by molar-refractivity contribution is 5.97. The summed E-state index contributed by atoms with van der Waals surface area (Å²) in [6.07, 6.45) is 4.00. The van der Waals surface area contributed by atoms with Gasteiger partial charge in [-0.2, -0.15) is 0 Å². The molecule has 4 aromatic rings. The molecular weight excluding hydrogens is 388 g/mol. The number of carbonyl (C=O) groups excluding carboxylic acids is 1. The van der Waals surface area contributed by atoms with E-state index in [0.29, 0.717) is 11.5 Å². The number of rotatable bonds is 3. The minimum atomic E-state index is 0.0703. The first-order valence-electron chi connectivity index (χ1n) is 10.7. The lowest BCUT2D eigenvalue weighted by atomic mass is 9.89. The summed E-state index contributed by atoms with van der Waals surface area (Å²) in [5.74, 6) is 1.37. The van der Waals surface area contributed by atoms with Crippen LogP contribution in [0.3, 0.4) is 0 Å². The molecule has 1 amide bonds. The van der Waals surface area contributed by atoms with E-state index in [1.54, 1.807) is 7.11 Å². The topological polar surface area (TPSA) is 71.1 Å². The number of ether oxygens (including phenoxy) is 1. The van der Waals surface area contributed by atoms with E-state index in [1.165, 1.54) is 10.9 Å². The number of benzene rings is 2. The molecule has 0 spiro atoms. The van der Waals surface area contributed by atoms with E-state index in [-0.39, 0.29) is 5.91 Å². The van der Waals surface area contributed by atoms with Gasteiger partial charge in [0.15, 0.2) is 0 Å². The van der Waals surface area contributed by atoms with Crippen LogP contribution in [0.25, 0.3) is 21.9 Å². The van der Waals surface area contributed by atoms with E-state index >= 15 is 0 Å². The summed E-state index contributed by atoms with van der Waals surface area (Å²) in [5.41, 5.74) is 6.53. The summed E-state index contributed by atoms with van der Waals surface area (Å²) < 4.78 is 5.40. The summed E-state index contributed by atoms with van der Waals surface area (Å²) in [5, 5.41) is 1.21. The van der Waals surface area contributed by atoms with E-state index < -0.39 is 0 Å². The molecule has 0 radical (unpaired) electrons. The number of carbonyl (C=O) groups is 1. The molecule has 1 fully saturated rings. The van der Waals surface area contributed by atoms with Crippen LogP contribution < -0.4 is 4.74 Å². The van der Waals surface area contributed by atoms with Gasteiger partial charge in [0.25, 0.3) is 5.91 Å². The van der Waals surface area contributed by atoms with Crippen LogP contribution in [-0.2, 0) is 0 Å². The predicted octanol–water partition coefficient (Wildman–Crippen LogP) is 4.76. The second-order valence-corrected chi connectivity index (χ2v) is 8.32. The third kappa shape index (κ3) is 3.52. The van der Waals surface area contributed by atoms with Crippen molar-refractivity contribution in [2.24, 2.45) is 0 Å². The Morgan fingerprint density at radius 3 is 2.52 bits per heavy atom. The third-order valence-electron chi connectivity index (χ3n) is 6.47. The number of hydrogen-bond acceptors (Lipinski definition) is 4. The Kier molecular flexibility index (Phi) is 4.85. The van der Waals surface area contributed by atoms with Gasteiger partial charge >= 0.3 is 0 Å². The summed E-state index contributed by atoms with van der Waals surface area (Å²) >= 11 is 0. The fourth-order valence-electron chi connectivity index (χ4n) is 4.53. The van der Waals surface area contributed by atoms with E-state index in [1.807, 2.05) is 43.0 Å². The molecule has 2 aromatic carbocycles. The summed E-state index contributed by atoms with van der Waals surface area (Å²) in [4.78, 5) is 27.6. The molecule has 31 heavy (non-hydrogen) atoms. The van der Waals surface area contributed by atoms with E-state index in [2.05, 4.69) is 33.3 Å². The van der Waals surface area contributed by atoms with E-state index in [9.17, 15) is 4.79 Å². The Balaban J connectivity index is 1.33. The predicted molar refractivity (Wildman–Crippen MR) is 122 cm³/mol. The lowest BCUT2D eigenvalue weighted by molar-refractivity contribution is 0.0713. The normalized spacial score (nSPS) is 15.0. The number of methoxy groups -OCH3 is 1. The second kappa shape index (κ2) is 7.69. The molecule has 5 rings (SSSR count). The van der Waals surface area contributed by atoms with Crippen LogP contribution in [0.15, 0.2) is 42.6 Å². The number of piperidine rings is 1. The molecule has 0 atom stereocenters. The number of nitrogens with one attached hydrogen (secondary N) is 1. The molecule has 1 N–H and O–H groups in total. The Morgan fingerprint density at radius 1 is 1.03 bits per heavy atom. The monoisotopic (exact) mass is 414 g/mol. The molecule has 2 aromatic heterocycles. The van der Waals surface area contributed by atoms with Gasteiger partial charge < -0.3 is 14.6 Å². The molecular formula is C25H26N4O2. The largest absolute Gasteiger partial charge is 0.497 e. The molecule has 0 unspecified atom stereocenters. The van der Waals surface area contributed by atoms with Gasteiger partial charge in [-0.3, -0.25) is 4.79 Å². The second-order valence-electron chi connectivity index (χ2n) is 8.32. The minimum absolute atomic E-state index is 0.0703. The van der Waals surface area contributed by atoms with Gasteiger partial charge in [-0.05, 0) is 74.6 Å². The molecule has 0 aliphatic carbocycles. The molecule has 1 aliphatic heterocycles. The average Bonchev–Trinajstić information content (AvgIpc) is 3.22. The van der Waals surface area contributed by atoms with Crippen molar-refractivity contribution in [2.75, 3.05) is 20.2 Å². The molecule has 158 valence electrons. The lowest BCUT2D eigenvalue weighted by Gasteiger charge is -2.32. The minimum Gasteiger partial charge on any atom is -0.497 e. The number of nitrogens with zero attached hydrogens (tertiary/aromatic N) is 3. The van der Waals surface area contributed by atoms with Crippen LogP contribution in [0.4, 0.5) is 0 Å². The van der Waals surface area contributed by atoms with Crippen molar-refractivity contribution in [1.82, 2.24) is 19.9 Å². The van der Waals surface area contributed by atoms with Crippen molar-refractivity contribution < 1.29 is 9.53 Å². The Hall–Kier alpha value is -3.41. The molecule has 1 saturated heterocycles. The van der Waals surface area contributed by atoms with Crippen LogP contribution in [0.1, 0.15) is 46.1 Å². The fourth-order valence-corrected chi connectivity index (χ4v) is 4.53. The van der Waals surface area contributed by atoms with Crippen molar-refractivity contribution in [3.63, 3.8) is 0 Å². The number of fused-ring (bicyclic) bond motifs is 2. The molecule has 0 saturated carbocycles. The van der Waals surface area contributed by atoms with Crippen molar-refractivity contribution in [3.05, 3.63) is 65.1 Å². The SMILES string of the molecule is COc1ccc2[nH]cc(C3CCN(C(=O)c4ccc5nc(C)c(C)nc5c4)CC3)c2c1. The zero-order valence-electron chi connectivity index (χ0n) is 18.1. The number of H-pyrrole nitrogens is 1. The zero-order chi connectivity index (χ0) is 21.5. The number of likely N-dealkylation sites (tertiary alicyclic amines) is 1. The van der Waals surface area contributed by atoms with Gasteiger partial charge in [-0.15, -0.1) is 0 Å². The summed E-state index contributed by atoms with van der Waals surface area (Å²) in [6.45, 7) is 5.39. The standard InChI is InChI=1S/C25H26N4O2/c1-15-16(2)28-24-12-18(4-6-23(24)27-15)25(30)29-10-8-17(9-11-29)21-14-26-22-7-5-19(31-3)13-20(21)22/h4-7,12-14,17,26H,8-11H2,1-3H3. The number of hydrogen-bond donors (Lipinski definition) is 1. The maximum absolute atomic E-state index is 13.1. The van der Waals surface area contributed by atoms with Gasteiger partial charge in [-0.25, -0.2) is 9.97 Å².